The summed E-state index contributed by atoms with van der Waals surface area (Å²) in [5.74, 6) is 6.94. The van der Waals surface area contributed by atoms with Crippen LogP contribution in [0.25, 0.3) is 11.5 Å². The van der Waals surface area contributed by atoms with Crippen LogP contribution in [0.5, 0.6) is 0 Å². The maximum atomic E-state index is 13.2. The molecule has 0 aliphatic heterocycles. The predicted octanol–water partition coefficient (Wildman–Crippen LogP) is 3.95. The summed E-state index contributed by atoms with van der Waals surface area (Å²) < 4.78 is 24.0. The average molecular weight is 363 g/mol. The molecule has 1 saturated carbocycles. The average Bonchev–Trinajstić information content (AvgIpc) is 3.36. The van der Waals surface area contributed by atoms with Gasteiger partial charge in [-0.15, -0.1) is 0 Å². The highest BCUT2D eigenvalue weighted by molar-refractivity contribution is 5.51. The lowest BCUT2D eigenvalue weighted by atomic mass is 10.1. The Labute approximate surface area is 156 Å². The Bertz CT molecular complexity index is 988. The Hall–Kier alpha value is -3.04. The highest BCUT2D eigenvalue weighted by atomic mass is 19.1. The number of halogens is 1. The van der Waals surface area contributed by atoms with Gasteiger partial charge in [0, 0.05) is 30.4 Å². The van der Waals surface area contributed by atoms with Gasteiger partial charge in [-0.2, -0.15) is 4.98 Å². The first kappa shape index (κ1) is 17.4. The number of methoxy groups -OCH3 is 1. The Morgan fingerprint density at radius 3 is 2.78 bits per heavy atom. The summed E-state index contributed by atoms with van der Waals surface area (Å²) >= 11 is 0. The van der Waals surface area contributed by atoms with Gasteiger partial charge in [0.1, 0.15) is 11.5 Å². The standard InChI is InChI=1S/C21H18FN3O2/c1-26-18-9-8-16(12-18)21-24-20(25-27-21)19-10-7-15(13-23-19)6-5-14-3-2-4-17(22)11-14/h2-4,7,10-11,13,16,18H,8-9,12H2,1H3/t16-,18+/m1/s1. The van der Waals surface area contributed by atoms with Crippen LogP contribution in [0.3, 0.4) is 0 Å². The van der Waals surface area contributed by atoms with Crippen molar-refractivity contribution in [2.75, 3.05) is 7.11 Å². The van der Waals surface area contributed by atoms with Gasteiger partial charge in [0.15, 0.2) is 0 Å². The molecule has 1 aliphatic rings. The van der Waals surface area contributed by atoms with Gasteiger partial charge in [-0.05, 0) is 49.6 Å². The van der Waals surface area contributed by atoms with Crippen LogP contribution in [-0.4, -0.2) is 28.3 Å². The molecule has 1 aromatic carbocycles. The molecule has 0 saturated heterocycles. The van der Waals surface area contributed by atoms with E-state index in [1.165, 1.54) is 12.1 Å². The van der Waals surface area contributed by atoms with Gasteiger partial charge in [0.2, 0.25) is 11.7 Å². The molecule has 2 atom stereocenters. The minimum Gasteiger partial charge on any atom is -0.381 e. The van der Waals surface area contributed by atoms with Crippen molar-refractivity contribution in [1.82, 2.24) is 15.1 Å². The van der Waals surface area contributed by atoms with Crippen LogP contribution in [0.4, 0.5) is 4.39 Å². The molecular weight excluding hydrogens is 345 g/mol. The molecule has 1 fully saturated rings. The molecule has 1 aliphatic carbocycles. The zero-order valence-electron chi connectivity index (χ0n) is 14.9. The lowest BCUT2D eigenvalue weighted by Crippen LogP contribution is -2.04. The van der Waals surface area contributed by atoms with Crippen molar-refractivity contribution in [2.45, 2.75) is 31.3 Å². The van der Waals surface area contributed by atoms with Crippen LogP contribution in [0, 0.1) is 17.7 Å². The molecule has 2 aromatic heterocycles. The van der Waals surface area contributed by atoms with Crippen molar-refractivity contribution in [2.24, 2.45) is 0 Å². The Balaban J connectivity index is 1.47. The van der Waals surface area contributed by atoms with Crippen LogP contribution in [-0.2, 0) is 4.74 Å². The maximum Gasteiger partial charge on any atom is 0.230 e. The van der Waals surface area contributed by atoms with Crippen molar-refractivity contribution >= 4 is 0 Å². The number of hydrogen-bond donors (Lipinski definition) is 0. The third-order valence-electron chi connectivity index (χ3n) is 4.68. The molecule has 0 spiro atoms. The van der Waals surface area contributed by atoms with E-state index in [4.69, 9.17) is 9.26 Å². The molecule has 6 heteroatoms. The summed E-state index contributed by atoms with van der Waals surface area (Å²) in [5.41, 5.74) is 1.97. The molecule has 4 rings (SSSR count). The van der Waals surface area contributed by atoms with Gasteiger partial charge in [0.25, 0.3) is 0 Å². The second-order valence-corrected chi connectivity index (χ2v) is 6.52. The van der Waals surface area contributed by atoms with Gasteiger partial charge in [0.05, 0.1) is 6.10 Å². The SMILES string of the molecule is CO[C@H]1CC[C@@H](c2nc(-c3ccc(C#Cc4cccc(F)c4)cn3)no2)C1. The fraction of sp³-hybridized carbons (Fsp3) is 0.286. The summed E-state index contributed by atoms with van der Waals surface area (Å²) in [7, 11) is 1.73. The number of nitrogens with zero attached hydrogens (tertiary/aromatic N) is 3. The Morgan fingerprint density at radius 2 is 2.04 bits per heavy atom. The summed E-state index contributed by atoms with van der Waals surface area (Å²) in [6.45, 7) is 0. The molecule has 3 aromatic rings. The van der Waals surface area contributed by atoms with E-state index in [1.807, 2.05) is 6.07 Å². The van der Waals surface area contributed by atoms with E-state index >= 15 is 0 Å². The highest BCUT2D eigenvalue weighted by Crippen LogP contribution is 2.35. The molecule has 136 valence electrons. The second-order valence-electron chi connectivity index (χ2n) is 6.52. The van der Waals surface area contributed by atoms with Gasteiger partial charge in [-0.1, -0.05) is 23.1 Å². The monoisotopic (exact) mass is 363 g/mol. The Kier molecular flexibility index (Phi) is 4.95. The lowest BCUT2D eigenvalue weighted by Gasteiger charge is -2.05. The zero-order chi connectivity index (χ0) is 18.6. The van der Waals surface area contributed by atoms with E-state index in [2.05, 4.69) is 27.0 Å². The van der Waals surface area contributed by atoms with Gasteiger partial charge in [-0.3, -0.25) is 4.98 Å². The van der Waals surface area contributed by atoms with E-state index < -0.39 is 0 Å². The van der Waals surface area contributed by atoms with E-state index in [0.717, 1.165) is 24.8 Å². The van der Waals surface area contributed by atoms with E-state index in [0.29, 0.717) is 23.0 Å². The minimum atomic E-state index is -0.303. The third kappa shape index (κ3) is 4.04. The molecule has 0 radical (unpaired) electrons. The van der Waals surface area contributed by atoms with Crippen LogP contribution in [0.2, 0.25) is 0 Å². The molecule has 0 unspecified atom stereocenters. The van der Waals surface area contributed by atoms with Gasteiger partial charge >= 0.3 is 0 Å². The van der Waals surface area contributed by atoms with Crippen LogP contribution < -0.4 is 0 Å². The largest absolute Gasteiger partial charge is 0.381 e. The smallest absolute Gasteiger partial charge is 0.230 e. The molecule has 2 heterocycles. The Morgan fingerprint density at radius 1 is 1.15 bits per heavy atom. The first-order valence-corrected chi connectivity index (χ1v) is 8.81. The summed E-state index contributed by atoms with van der Waals surface area (Å²) in [5, 5.41) is 4.05. The molecule has 5 nitrogen and oxygen atoms in total. The number of ether oxygens (including phenoxy) is 1. The number of rotatable bonds is 3. The summed E-state index contributed by atoms with van der Waals surface area (Å²) in [4.78, 5) is 8.85. The fourth-order valence-electron chi connectivity index (χ4n) is 3.19. The van der Waals surface area contributed by atoms with Crippen molar-refractivity contribution in [3.63, 3.8) is 0 Å². The van der Waals surface area contributed by atoms with Crippen molar-refractivity contribution in [1.29, 1.82) is 0 Å². The van der Waals surface area contributed by atoms with E-state index in [1.54, 1.807) is 31.5 Å². The highest BCUT2D eigenvalue weighted by Gasteiger charge is 2.30. The van der Waals surface area contributed by atoms with Gasteiger partial charge in [-0.25, -0.2) is 4.39 Å². The number of pyridine rings is 1. The zero-order valence-corrected chi connectivity index (χ0v) is 14.9. The van der Waals surface area contributed by atoms with Crippen molar-refractivity contribution in [3.8, 4) is 23.4 Å². The second kappa shape index (κ2) is 7.68. The quantitative estimate of drug-likeness (QED) is 0.660. The molecule has 0 bridgehead atoms. The summed E-state index contributed by atoms with van der Waals surface area (Å²) in [6.07, 6.45) is 4.81. The normalized spacial score (nSPS) is 18.9. The van der Waals surface area contributed by atoms with Crippen molar-refractivity contribution < 1.29 is 13.7 Å². The van der Waals surface area contributed by atoms with E-state index in [9.17, 15) is 4.39 Å². The van der Waals surface area contributed by atoms with Crippen molar-refractivity contribution in [3.05, 3.63) is 65.4 Å². The lowest BCUT2D eigenvalue weighted by molar-refractivity contribution is 0.107. The van der Waals surface area contributed by atoms with Gasteiger partial charge < -0.3 is 9.26 Å². The fourth-order valence-corrected chi connectivity index (χ4v) is 3.19. The predicted molar refractivity (Wildman–Crippen MR) is 97.3 cm³/mol. The number of hydrogen-bond acceptors (Lipinski definition) is 5. The number of aromatic nitrogens is 3. The molecule has 27 heavy (non-hydrogen) atoms. The van der Waals surface area contributed by atoms with E-state index in [-0.39, 0.29) is 17.8 Å². The maximum absolute atomic E-state index is 13.2. The first-order valence-electron chi connectivity index (χ1n) is 8.81. The topological polar surface area (TPSA) is 61.0 Å². The molecule has 0 N–H and O–H groups in total. The number of benzene rings is 1. The molecule has 0 amide bonds. The third-order valence-corrected chi connectivity index (χ3v) is 4.68. The minimum absolute atomic E-state index is 0.243. The van der Waals surface area contributed by atoms with Crippen LogP contribution >= 0.6 is 0 Å². The van der Waals surface area contributed by atoms with Crippen LogP contribution in [0.15, 0.2) is 47.1 Å². The summed E-state index contributed by atoms with van der Waals surface area (Å²) in [6, 6.07) is 9.82. The first-order chi connectivity index (χ1) is 13.2. The van der Waals surface area contributed by atoms with Crippen LogP contribution in [0.1, 0.15) is 42.2 Å². The molecular formula is C21H18FN3O2.